The van der Waals surface area contributed by atoms with Gasteiger partial charge in [-0.3, -0.25) is 10.0 Å². The number of hydrogen-bond donors (Lipinski definition) is 1. The Bertz CT molecular complexity index is 708. The lowest BCUT2D eigenvalue weighted by molar-refractivity contribution is -0.765. The van der Waals surface area contributed by atoms with Gasteiger partial charge < -0.3 is 0 Å². The molecule has 0 aliphatic carbocycles. The number of carbonyl (C=O) groups is 1. The molecule has 1 aliphatic heterocycles. The highest BCUT2D eigenvalue weighted by atomic mass is 35.5. The molecule has 2 aromatic rings. The van der Waals surface area contributed by atoms with E-state index in [0.29, 0.717) is 17.2 Å². The zero-order chi connectivity index (χ0) is 14.1. The summed E-state index contributed by atoms with van der Waals surface area (Å²) in [4.78, 5) is 11.9. The maximum atomic E-state index is 11.9. The molecule has 100 valence electrons. The normalized spacial score (nSPS) is 14.9. The summed E-state index contributed by atoms with van der Waals surface area (Å²) in [5.41, 5.74) is 3.16. The molecule has 0 aromatic heterocycles. The number of ketones is 1. The molecule has 0 amide bonds. The molecule has 0 saturated carbocycles. The van der Waals surface area contributed by atoms with E-state index in [1.807, 2.05) is 36.4 Å². The van der Waals surface area contributed by atoms with E-state index in [0.717, 1.165) is 21.4 Å². The van der Waals surface area contributed by atoms with E-state index in [9.17, 15) is 10.0 Å². The van der Waals surface area contributed by atoms with E-state index < -0.39 is 0 Å². The largest absolute Gasteiger partial charge is 0.292 e. The summed E-state index contributed by atoms with van der Waals surface area (Å²) in [6, 6.07) is 14.9. The Labute approximate surface area is 121 Å². The first-order valence-electron chi connectivity index (χ1n) is 6.34. The number of nitrogens with zero attached hydrogens (tertiary/aromatic N) is 1. The topological polar surface area (TPSA) is 40.3 Å². The second-order valence-electron chi connectivity index (χ2n) is 4.79. The van der Waals surface area contributed by atoms with Gasteiger partial charge in [0.15, 0.2) is 0 Å². The number of rotatable bonds is 1. The number of Topliss-reactive ketones (excluding diaryl/α,β-unsaturated/α-hetero) is 1. The van der Waals surface area contributed by atoms with Crippen LogP contribution in [0.25, 0.3) is 0 Å². The maximum absolute atomic E-state index is 11.9. The van der Waals surface area contributed by atoms with Crippen LogP contribution in [0.5, 0.6) is 0 Å². The molecule has 1 heterocycles. The van der Waals surface area contributed by atoms with Crippen LogP contribution in [0.1, 0.15) is 16.7 Å². The lowest BCUT2D eigenvalue weighted by atomic mass is 10.2. The van der Waals surface area contributed by atoms with Gasteiger partial charge in [0.05, 0.1) is 11.1 Å². The van der Waals surface area contributed by atoms with Crippen molar-refractivity contribution in [3.05, 3.63) is 70.2 Å². The molecule has 2 aromatic carbocycles. The Hall–Kier alpha value is -2.13. The Morgan fingerprint density at radius 3 is 2.60 bits per heavy atom. The molecule has 0 radical (unpaired) electrons. The number of hydrogen-bond acceptors (Lipinski definition) is 2. The molecule has 1 aliphatic rings. The fraction of sp³-hybridized carbons (Fsp3) is 0.125. The summed E-state index contributed by atoms with van der Waals surface area (Å²) in [5, 5.41) is 10.8. The van der Waals surface area contributed by atoms with Crippen LogP contribution in [0.4, 0.5) is 0 Å². The van der Waals surface area contributed by atoms with Crippen LogP contribution in [-0.4, -0.2) is 28.0 Å². The third kappa shape index (κ3) is 2.32. The molecule has 4 heteroatoms. The first-order chi connectivity index (χ1) is 9.65. The second kappa shape index (κ2) is 5.10. The standard InChI is InChI=1S/C16H13ClNO2/c17-13-7-6-12-8-14(19)10-18(20)16(15(12)9-13)11-4-2-1-3-5-11/h1-7,9,20H,8,10H2/q+1/i6+1,7+1,9+1,12+1,13+1,15+1. The van der Waals surface area contributed by atoms with Gasteiger partial charge in [-0.15, -0.1) is 0 Å². The first-order valence-corrected chi connectivity index (χ1v) is 6.72. The Morgan fingerprint density at radius 1 is 1.10 bits per heavy atom. The minimum Gasteiger partial charge on any atom is -0.292 e. The number of fused-ring (bicyclic) bond motifs is 1. The van der Waals surface area contributed by atoms with Crippen LogP contribution >= 0.6 is 11.6 Å². The number of benzene rings is 2. The van der Waals surface area contributed by atoms with E-state index in [-0.39, 0.29) is 12.3 Å². The van der Waals surface area contributed by atoms with Crippen molar-refractivity contribution in [2.24, 2.45) is 0 Å². The highest BCUT2D eigenvalue weighted by Gasteiger charge is 2.29. The fourth-order valence-electron chi connectivity index (χ4n) is 2.48. The minimum atomic E-state index is -0.0259. The van der Waals surface area contributed by atoms with Gasteiger partial charge in [-0.05, 0) is 34.6 Å². The van der Waals surface area contributed by atoms with E-state index in [1.54, 1.807) is 12.1 Å². The Kier molecular flexibility index (Phi) is 3.28. The van der Waals surface area contributed by atoms with Gasteiger partial charge in [0.25, 0.3) is 12.3 Å². The molecular weight excluding hydrogens is 280 g/mol. The van der Waals surface area contributed by atoms with Crippen LogP contribution in [0.2, 0.25) is 5.02 Å². The monoisotopic (exact) mass is 292 g/mol. The third-order valence-corrected chi connectivity index (χ3v) is 3.58. The predicted octanol–water partition coefficient (Wildman–Crippen LogP) is 2.70. The van der Waals surface area contributed by atoms with Crippen molar-refractivity contribution in [2.75, 3.05) is 6.54 Å². The maximum Gasteiger partial charge on any atom is 0.265 e. The van der Waals surface area contributed by atoms with Crippen LogP contribution in [0.3, 0.4) is 0 Å². The van der Waals surface area contributed by atoms with Gasteiger partial charge in [0.2, 0.25) is 5.78 Å². The summed E-state index contributed by atoms with van der Waals surface area (Å²) in [7, 11) is 0. The van der Waals surface area contributed by atoms with Gasteiger partial charge in [0.1, 0.15) is 0 Å². The second-order valence-corrected chi connectivity index (χ2v) is 5.23. The quantitative estimate of drug-likeness (QED) is 0.648. The Morgan fingerprint density at radius 2 is 1.85 bits per heavy atom. The minimum absolute atomic E-state index is 0.0173. The van der Waals surface area contributed by atoms with Gasteiger partial charge in [-0.25, -0.2) is 0 Å². The van der Waals surface area contributed by atoms with Crippen LogP contribution in [0, 0.1) is 0 Å². The number of hydroxylamine groups is 1. The summed E-state index contributed by atoms with van der Waals surface area (Å²) in [6.07, 6.45) is 0.305. The zero-order valence-electron chi connectivity index (χ0n) is 10.7. The van der Waals surface area contributed by atoms with E-state index >= 15 is 0 Å². The highest BCUT2D eigenvalue weighted by molar-refractivity contribution is 6.31. The van der Waals surface area contributed by atoms with Gasteiger partial charge in [0, 0.05) is 11.4 Å². The van der Waals surface area contributed by atoms with Crippen LogP contribution in [0.15, 0.2) is 48.5 Å². The third-order valence-electron chi connectivity index (χ3n) is 3.35. The summed E-state index contributed by atoms with van der Waals surface area (Å²) >= 11 is 6.07. The highest BCUT2D eigenvalue weighted by Crippen LogP contribution is 2.22. The molecule has 0 bridgehead atoms. The number of carbonyl (C=O) groups excluding carboxylic acids is 1. The summed E-state index contributed by atoms with van der Waals surface area (Å²) in [6.45, 7) is -0.0173. The summed E-state index contributed by atoms with van der Waals surface area (Å²) in [5.74, 6) is -0.0259. The average molecular weight is 293 g/mol. The van der Waals surface area contributed by atoms with Crippen molar-refractivity contribution >= 4 is 23.1 Å². The molecule has 0 fully saturated rings. The van der Waals surface area contributed by atoms with Crippen molar-refractivity contribution < 1.29 is 14.7 Å². The fourth-order valence-corrected chi connectivity index (χ4v) is 2.65. The van der Waals surface area contributed by atoms with Crippen molar-refractivity contribution in [3.8, 4) is 0 Å². The summed E-state index contributed by atoms with van der Waals surface area (Å²) < 4.78 is 1.01. The van der Waals surface area contributed by atoms with Gasteiger partial charge >= 0.3 is 0 Å². The van der Waals surface area contributed by atoms with E-state index in [4.69, 9.17) is 11.6 Å². The molecule has 0 unspecified atom stereocenters. The zero-order valence-corrected chi connectivity index (χ0v) is 11.5. The SMILES string of the molecule is O=C1C[13c]2[13cH][13cH][13c](Cl)[13cH][13c]2C(c2ccccc2)=[N+](O)C1. The van der Waals surface area contributed by atoms with E-state index in [1.165, 1.54) is 0 Å². The van der Waals surface area contributed by atoms with Crippen LogP contribution < -0.4 is 0 Å². The van der Waals surface area contributed by atoms with Crippen molar-refractivity contribution in [2.45, 2.75) is 6.42 Å². The van der Waals surface area contributed by atoms with E-state index in [2.05, 4.69) is 0 Å². The van der Waals surface area contributed by atoms with Crippen molar-refractivity contribution in [3.63, 3.8) is 0 Å². The van der Waals surface area contributed by atoms with Crippen LogP contribution in [-0.2, 0) is 11.2 Å². The van der Waals surface area contributed by atoms with Crippen molar-refractivity contribution in [1.29, 1.82) is 0 Å². The lowest BCUT2D eigenvalue weighted by Crippen LogP contribution is -2.23. The molecule has 3 rings (SSSR count). The molecule has 0 atom stereocenters. The smallest absolute Gasteiger partial charge is 0.265 e. The first kappa shape index (κ1) is 12.9. The molecular formula is C16H13ClNO2+. The van der Waals surface area contributed by atoms with Gasteiger partial charge in [-0.2, -0.15) is 0 Å². The average Bonchev–Trinajstić information content (AvgIpc) is 2.54. The molecule has 3 nitrogen and oxygen atoms in total. The lowest BCUT2D eigenvalue weighted by Gasteiger charge is -2.06. The predicted molar refractivity (Wildman–Crippen MR) is 76.7 cm³/mol. The Balaban J connectivity index is 2.28. The van der Waals surface area contributed by atoms with Gasteiger partial charge in [-0.1, -0.05) is 35.9 Å². The molecule has 0 spiro atoms. The molecule has 1 N–H and O–H groups in total. The number of halogens is 1. The molecule has 0 saturated heterocycles. The van der Waals surface area contributed by atoms with Crippen molar-refractivity contribution in [1.82, 2.24) is 0 Å². The molecule has 20 heavy (non-hydrogen) atoms.